The van der Waals surface area contributed by atoms with Gasteiger partial charge in [0.05, 0.1) is 55.1 Å². The van der Waals surface area contributed by atoms with E-state index in [-0.39, 0.29) is 90.1 Å². The molecule has 4 aromatic carbocycles. The van der Waals surface area contributed by atoms with Gasteiger partial charge in [0, 0.05) is 17.9 Å². The standard InChI is InChI=1S/C56H72N8O4.C5H8O2.Al.3H/c1-5-19-33(20-6-1)65-45-43-44(46(66-34-21-7-2-8-22-34)48(68-36-25-11-4-12-26-36)47(45)67-35-23-9-3-10-24-35)56-63-54-42-32-18-16-30-40(42)52(61-54)59-50-38-28-14-13-27-37(38)49(57-50)58-51-39-29-15-17-31-41(39)53(60-51)62-55(43)64-56;1-4(6)3-5(2)7;;;;/h1-12,19-26,37-64H,13-18,27-32H2;3,6H,1-2H3;;;;/b;4-3-;;;;. The third-order valence-corrected chi connectivity index (χ3v) is 18.5. The Morgan fingerprint density at radius 1 is 0.382 bits per heavy atom. The largest absolute Gasteiger partial charge is 0.512 e. The molecule has 4 aliphatic carbocycles. The number of benzene rings is 4. The van der Waals surface area contributed by atoms with Crippen molar-refractivity contribution < 1.29 is 28.8 Å². The minimum atomic E-state index is -0.578. The number of allylic oxidation sites excluding steroid dienone is 2. The van der Waals surface area contributed by atoms with Gasteiger partial charge in [-0.05, 0) is 136 Å². The minimum Gasteiger partial charge on any atom is -0.512 e. The van der Waals surface area contributed by atoms with E-state index in [4.69, 9.17) is 24.1 Å². The number of aliphatic hydroxyl groups excluding tert-OH is 1. The number of aliphatic hydroxyl groups is 1. The summed E-state index contributed by atoms with van der Waals surface area (Å²) in [6, 6.07) is 41.1. The van der Waals surface area contributed by atoms with Gasteiger partial charge in [-0.1, -0.05) is 111 Å². The summed E-state index contributed by atoms with van der Waals surface area (Å²) in [6.07, 6.45) is 15.1. The quantitative estimate of drug-likeness (QED) is 0.0494. The molecule has 5 saturated heterocycles. The number of ketones is 1. The van der Waals surface area contributed by atoms with E-state index in [1.165, 1.54) is 97.0 Å². The molecule has 9 fully saturated rings. The lowest BCUT2D eigenvalue weighted by Crippen LogP contribution is -2.69. The van der Waals surface area contributed by atoms with Crippen molar-refractivity contribution in [3.05, 3.63) is 133 Å². The predicted octanol–water partition coefficient (Wildman–Crippen LogP) is 6.69. The van der Waals surface area contributed by atoms with E-state index in [0.717, 1.165) is 23.0 Å². The molecule has 20 atom stereocenters. The summed E-state index contributed by atoms with van der Waals surface area (Å²) in [5, 5.41) is 42.8. The van der Waals surface area contributed by atoms with Crippen molar-refractivity contribution in [1.29, 1.82) is 0 Å². The van der Waals surface area contributed by atoms with E-state index >= 15 is 0 Å². The fraction of sp³-hybridized carbons (Fsp3) is 0.557. The first-order valence-corrected chi connectivity index (χ1v) is 28.6. The zero-order valence-corrected chi connectivity index (χ0v) is 43.6. The van der Waals surface area contributed by atoms with Crippen molar-refractivity contribution in [3.8, 4) is 23.0 Å². The smallest absolute Gasteiger partial charge is 0.187 e. The Hall–Kier alpha value is -4.50. The average Bonchev–Trinajstić information content (AvgIpc) is 4.33. The maximum Gasteiger partial charge on any atom is 0.187 e. The third kappa shape index (κ3) is 11.5. The lowest BCUT2D eigenvalue weighted by atomic mass is 9.71. The van der Waals surface area contributed by atoms with Crippen molar-refractivity contribution in [2.45, 2.75) is 165 Å². The summed E-state index contributed by atoms with van der Waals surface area (Å²) in [4.78, 5) is 10.0. The van der Waals surface area contributed by atoms with Crippen LogP contribution in [0.15, 0.2) is 133 Å². The second kappa shape index (κ2) is 24.3. The van der Waals surface area contributed by atoms with E-state index in [1.54, 1.807) is 0 Å². The van der Waals surface area contributed by atoms with Gasteiger partial charge in [-0.2, -0.15) is 0 Å². The Morgan fingerprint density at radius 2 is 0.605 bits per heavy atom. The zero-order chi connectivity index (χ0) is 50.8. The molecule has 8 bridgehead atoms. The number of nitrogens with one attached hydrogen (secondary N) is 8. The molecule has 4 aromatic rings. The van der Waals surface area contributed by atoms with Gasteiger partial charge in [-0.3, -0.25) is 47.3 Å². The average molecular weight is 1050 g/mol. The monoisotopic (exact) mass is 1050 g/mol. The Labute approximate surface area is 460 Å². The summed E-state index contributed by atoms with van der Waals surface area (Å²) in [6.45, 7) is 2.85. The Bertz CT molecular complexity index is 2360. The van der Waals surface area contributed by atoms with Crippen molar-refractivity contribution in [3.63, 3.8) is 0 Å². The van der Waals surface area contributed by atoms with Crippen LogP contribution in [0.4, 0.5) is 0 Å². The highest BCUT2D eigenvalue weighted by molar-refractivity contribution is 5.87. The third-order valence-electron chi connectivity index (χ3n) is 18.5. The highest BCUT2D eigenvalue weighted by atomic mass is 27.0. The van der Waals surface area contributed by atoms with Crippen LogP contribution in [0.3, 0.4) is 0 Å². The SMILES string of the molecule is CC(=O)/C=C(/C)O.[AlH3].c1ccc(OC2C(Oc3ccccc3)C(Oc3ccccc3)C3C4NC5NC(NC6NC(NC7NC(NC(N4)C3C2Oc2ccccc2)C2CCCCC72)C2CCCCC62)C2CCCCC52)cc1. The summed E-state index contributed by atoms with van der Waals surface area (Å²) < 4.78 is 29.6. The number of fused-ring (bicyclic) bond motifs is 20. The van der Waals surface area contributed by atoms with Crippen LogP contribution >= 0.6 is 0 Å². The maximum atomic E-state index is 10.0. The van der Waals surface area contributed by atoms with Crippen LogP contribution in [0.2, 0.25) is 0 Å². The first-order chi connectivity index (χ1) is 36.8. The summed E-state index contributed by atoms with van der Waals surface area (Å²) in [7, 11) is 0. The number of ether oxygens (including phenoxy) is 4. The maximum absolute atomic E-state index is 10.0. The number of hydrogen-bond acceptors (Lipinski definition) is 14. The van der Waals surface area contributed by atoms with Crippen LogP contribution in [0.25, 0.3) is 0 Å². The zero-order valence-electron chi connectivity index (χ0n) is 43.6. The molecule has 20 unspecified atom stereocenters. The molecular formula is C61H83AlN8O6. The molecule has 13 rings (SSSR count). The lowest BCUT2D eigenvalue weighted by Gasteiger charge is -2.50. The number of hydrogen-bond donors (Lipinski definition) is 9. The van der Waals surface area contributed by atoms with Crippen molar-refractivity contribution in [1.82, 2.24) is 42.5 Å². The molecule has 9 aliphatic rings. The van der Waals surface area contributed by atoms with E-state index in [2.05, 4.69) is 103 Å². The fourth-order valence-corrected chi connectivity index (χ4v) is 15.5. The van der Waals surface area contributed by atoms with Crippen LogP contribution < -0.4 is 61.5 Å². The highest BCUT2D eigenvalue weighted by Crippen LogP contribution is 2.48. The predicted molar refractivity (Wildman–Crippen MR) is 299 cm³/mol. The van der Waals surface area contributed by atoms with Crippen LogP contribution in [0.1, 0.15) is 90.9 Å². The molecular weight excluding hydrogens is 968 g/mol. The molecule has 0 spiro atoms. The highest BCUT2D eigenvalue weighted by Gasteiger charge is 2.65. The van der Waals surface area contributed by atoms with Crippen molar-refractivity contribution in [2.24, 2.45) is 47.3 Å². The first-order valence-electron chi connectivity index (χ1n) is 28.6. The van der Waals surface area contributed by atoms with E-state index in [9.17, 15) is 4.79 Å². The van der Waals surface area contributed by atoms with Crippen LogP contribution in [0.5, 0.6) is 23.0 Å². The van der Waals surface area contributed by atoms with Gasteiger partial charge in [0.15, 0.2) is 35.4 Å². The molecule has 15 heteroatoms. The van der Waals surface area contributed by atoms with Gasteiger partial charge in [-0.25, -0.2) is 0 Å². The summed E-state index contributed by atoms with van der Waals surface area (Å²) >= 11 is 0. The second-order valence-electron chi connectivity index (χ2n) is 23.1. The van der Waals surface area contributed by atoms with Gasteiger partial charge in [0.1, 0.15) is 35.2 Å². The van der Waals surface area contributed by atoms with E-state index in [1.807, 2.05) is 60.7 Å². The summed E-state index contributed by atoms with van der Waals surface area (Å²) in [5.74, 6) is 6.12. The molecule has 5 aliphatic heterocycles. The van der Waals surface area contributed by atoms with Crippen LogP contribution in [-0.2, 0) is 4.79 Å². The van der Waals surface area contributed by atoms with E-state index in [0.29, 0.717) is 35.5 Å². The van der Waals surface area contributed by atoms with Gasteiger partial charge >= 0.3 is 0 Å². The van der Waals surface area contributed by atoms with Gasteiger partial charge in [0.2, 0.25) is 0 Å². The number of rotatable bonds is 9. The van der Waals surface area contributed by atoms with Gasteiger partial charge < -0.3 is 24.1 Å². The Kier molecular flexibility index (Phi) is 17.1. The first kappa shape index (κ1) is 53.5. The Morgan fingerprint density at radius 3 is 0.829 bits per heavy atom. The topological polar surface area (TPSA) is 170 Å². The fourth-order valence-electron chi connectivity index (χ4n) is 15.5. The molecule has 406 valence electrons. The lowest BCUT2D eigenvalue weighted by molar-refractivity contribution is -0.150. The summed E-state index contributed by atoms with van der Waals surface area (Å²) in [5.41, 5.74) is 0. The molecule has 76 heavy (non-hydrogen) atoms. The molecule has 0 radical (unpaired) electrons. The molecule has 5 heterocycles. The van der Waals surface area contributed by atoms with Crippen LogP contribution in [0, 0.1) is 47.3 Å². The normalized spacial score (nSPS) is 39.3. The van der Waals surface area contributed by atoms with Gasteiger partial charge in [-0.15, -0.1) is 0 Å². The minimum absolute atomic E-state index is 0. The van der Waals surface area contributed by atoms with Crippen molar-refractivity contribution in [2.75, 3.05) is 0 Å². The molecule has 4 saturated carbocycles. The number of carbonyl (C=O) groups excluding carboxylic acids is 1. The Balaban J connectivity index is 0.000000723. The van der Waals surface area contributed by atoms with Crippen LogP contribution in [-0.4, -0.2) is 102 Å². The van der Waals surface area contributed by atoms with Gasteiger partial charge in [0.25, 0.3) is 0 Å². The second-order valence-corrected chi connectivity index (χ2v) is 23.1. The molecule has 0 aromatic heterocycles. The molecule has 9 N–H and O–H groups in total. The van der Waals surface area contributed by atoms with E-state index < -0.39 is 24.4 Å². The molecule has 14 nitrogen and oxygen atoms in total. The number of carbonyl (C=O) groups is 1. The molecule has 0 amide bonds. The number of para-hydroxylation sites is 4. The van der Waals surface area contributed by atoms with Crippen molar-refractivity contribution >= 4 is 23.1 Å².